The van der Waals surface area contributed by atoms with Gasteiger partial charge >= 0.3 is 0 Å². The van der Waals surface area contributed by atoms with E-state index < -0.39 is 29.7 Å². The number of fused-ring (bicyclic) bond motifs is 1. The number of nitrogens with one attached hydrogen (secondary N) is 3. The zero-order valence-electron chi connectivity index (χ0n) is 29.7. The van der Waals surface area contributed by atoms with Gasteiger partial charge in [-0.2, -0.15) is 0 Å². The number of imide groups is 2. The number of benzene rings is 2. The van der Waals surface area contributed by atoms with Crippen LogP contribution in [0.15, 0.2) is 66.2 Å². The standard InChI is InChI=1S/C20H26N4O6.C19H16N2OS/c1-21-7-9-29-11-12-30-10-8-22-14-4-2-3-13-17(14)20(28)24(19(13)27)15-5-6-16(25)23-18(15)26;1-13-21-17(11-23-13)16-4-2-3-14(9-16)15-5-8-20-18(10-15)19(12-22)6-7-19/h2-4,15,21-22H,5-12H2,1H3,(H,23,25,26);2-5,8-12H,6-7H2,1H3. The molecule has 3 N–H and O–H groups in total. The van der Waals surface area contributed by atoms with Crippen LogP contribution < -0.4 is 16.0 Å². The van der Waals surface area contributed by atoms with Gasteiger partial charge in [0, 0.05) is 42.3 Å². The van der Waals surface area contributed by atoms with E-state index in [2.05, 4.69) is 49.5 Å². The molecule has 1 atom stereocenters. The van der Waals surface area contributed by atoms with Crippen LogP contribution in [-0.2, 0) is 29.3 Å². The maximum absolute atomic E-state index is 13.0. The number of aromatic nitrogens is 2. The van der Waals surface area contributed by atoms with Gasteiger partial charge in [-0.05, 0) is 74.7 Å². The zero-order valence-corrected chi connectivity index (χ0v) is 30.5. The Balaban J connectivity index is 0.000000187. The summed E-state index contributed by atoms with van der Waals surface area (Å²) in [4.78, 5) is 70.5. The molecule has 2 aliphatic heterocycles. The highest BCUT2D eigenvalue weighted by atomic mass is 32.1. The van der Waals surface area contributed by atoms with E-state index in [-0.39, 0.29) is 29.4 Å². The molecule has 13 nitrogen and oxygen atoms in total. The summed E-state index contributed by atoms with van der Waals surface area (Å²) in [5.41, 5.74) is 5.89. The summed E-state index contributed by atoms with van der Waals surface area (Å²) in [6, 6.07) is 16.4. The van der Waals surface area contributed by atoms with E-state index in [0.717, 1.165) is 63.7 Å². The number of aldehydes is 1. The van der Waals surface area contributed by atoms with E-state index in [9.17, 15) is 24.0 Å². The van der Waals surface area contributed by atoms with Gasteiger partial charge < -0.3 is 24.9 Å². The fraction of sp³-hybridized carbons (Fsp3) is 0.359. The van der Waals surface area contributed by atoms with Crippen LogP contribution in [0.25, 0.3) is 22.4 Å². The van der Waals surface area contributed by atoms with Crippen molar-refractivity contribution in [1.82, 2.24) is 25.5 Å². The smallest absolute Gasteiger partial charge is 0.264 e. The van der Waals surface area contributed by atoms with Crippen molar-refractivity contribution in [3.8, 4) is 22.4 Å². The third-order valence-electron chi connectivity index (χ3n) is 9.29. The molecule has 4 heterocycles. The van der Waals surface area contributed by atoms with E-state index in [1.807, 2.05) is 32.2 Å². The molecule has 4 aromatic rings. The fourth-order valence-electron chi connectivity index (χ4n) is 6.22. The van der Waals surface area contributed by atoms with Gasteiger partial charge in [0.05, 0.1) is 59.4 Å². The van der Waals surface area contributed by atoms with Gasteiger partial charge in [0.2, 0.25) is 11.8 Å². The number of aryl methyl sites for hydroxylation is 1. The summed E-state index contributed by atoms with van der Waals surface area (Å²) in [5, 5.41) is 11.4. The highest BCUT2D eigenvalue weighted by molar-refractivity contribution is 7.09. The van der Waals surface area contributed by atoms with Crippen molar-refractivity contribution >= 4 is 46.9 Å². The average Bonchev–Trinajstić information content (AvgIpc) is 3.79. The first-order valence-corrected chi connectivity index (χ1v) is 18.5. The first-order chi connectivity index (χ1) is 25.7. The minimum Gasteiger partial charge on any atom is -0.382 e. The van der Waals surface area contributed by atoms with Crippen LogP contribution in [0.4, 0.5) is 5.69 Å². The third-order valence-corrected chi connectivity index (χ3v) is 10.1. The molecule has 7 rings (SSSR count). The van der Waals surface area contributed by atoms with Crippen LogP contribution in [0.3, 0.4) is 0 Å². The van der Waals surface area contributed by atoms with E-state index in [0.29, 0.717) is 38.7 Å². The Bertz CT molecular complexity index is 1990. The molecule has 1 saturated carbocycles. The lowest BCUT2D eigenvalue weighted by atomic mass is 9.98. The van der Waals surface area contributed by atoms with Crippen molar-refractivity contribution in [3.05, 3.63) is 88.0 Å². The topological polar surface area (TPSA) is 169 Å². The van der Waals surface area contributed by atoms with Crippen molar-refractivity contribution < 1.29 is 33.4 Å². The lowest BCUT2D eigenvalue weighted by Gasteiger charge is -2.27. The zero-order chi connectivity index (χ0) is 37.4. The molecule has 1 saturated heterocycles. The van der Waals surface area contributed by atoms with E-state index >= 15 is 0 Å². The molecule has 2 aromatic heterocycles. The number of nitrogens with zero attached hydrogens (tertiary/aromatic N) is 3. The Morgan fingerprint density at radius 3 is 2.38 bits per heavy atom. The van der Waals surface area contributed by atoms with Gasteiger partial charge in [0.25, 0.3) is 11.8 Å². The minimum atomic E-state index is -0.978. The molecule has 3 aliphatic rings. The number of thiazole rings is 1. The Hall–Kier alpha value is -5.15. The monoisotopic (exact) mass is 738 g/mol. The van der Waals surface area contributed by atoms with Crippen LogP contribution in [0.1, 0.15) is 57.1 Å². The highest BCUT2D eigenvalue weighted by Crippen LogP contribution is 2.46. The summed E-state index contributed by atoms with van der Waals surface area (Å²) in [5.74, 6) is -2.09. The number of carbonyl (C=O) groups excluding carboxylic acids is 5. The highest BCUT2D eigenvalue weighted by Gasteiger charge is 2.46. The molecule has 2 fully saturated rings. The fourth-order valence-corrected chi connectivity index (χ4v) is 6.84. The Morgan fingerprint density at radius 1 is 0.943 bits per heavy atom. The second-order valence-corrected chi connectivity index (χ2v) is 14.0. The number of hydrogen-bond donors (Lipinski definition) is 3. The molecule has 4 amide bonds. The molecule has 0 spiro atoms. The van der Waals surface area contributed by atoms with Crippen molar-refractivity contribution in [1.29, 1.82) is 0 Å². The number of ether oxygens (including phenoxy) is 2. The van der Waals surface area contributed by atoms with Gasteiger partial charge in [-0.25, -0.2) is 4.98 Å². The lowest BCUT2D eigenvalue weighted by Crippen LogP contribution is -2.54. The van der Waals surface area contributed by atoms with Crippen molar-refractivity contribution in [2.75, 3.05) is 51.9 Å². The second kappa shape index (κ2) is 17.1. The van der Waals surface area contributed by atoms with E-state index in [4.69, 9.17) is 9.47 Å². The average molecular weight is 739 g/mol. The normalized spacial score (nSPS) is 17.2. The van der Waals surface area contributed by atoms with Gasteiger partial charge in [-0.3, -0.25) is 34.4 Å². The number of piperidine rings is 1. The molecular weight excluding hydrogens is 697 g/mol. The molecule has 53 heavy (non-hydrogen) atoms. The number of carbonyl (C=O) groups is 5. The molecule has 2 aromatic carbocycles. The second-order valence-electron chi connectivity index (χ2n) is 13.0. The van der Waals surface area contributed by atoms with E-state index in [1.165, 1.54) is 0 Å². The van der Waals surface area contributed by atoms with Crippen molar-refractivity contribution in [2.24, 2.45) is 0 Å². The molecule has 1 aliphatic carbocycles. The predicted molar refractivity (Wildman–Crippen MR) is 200 cm³/mol. The van der Waals surface area contributed by atoms with Gasteiger partial charge in [-0.15, -0.1) is 11.3 Å². The molecule has 14 heteroatoms. The number of rotatable bonds is 15. The maximum atomic E-state index is 13.0. The minimum absolute atomic E-state index is 0.0882. The first-order valence-electron chi connectivity index (χ1n) is 17.6. The lowest BCUT2D eigenvalue weighted by molar-refractivity contribution is -0.136. The van der Waals surface area contributed by atoms with Crippen molar-refractivity contribution in [3.63, 3.8) is 0 Å². The van der Waals surface area contributed by atoms with E-state index in [1.54, 1.807) is 35.7 Å². The Kier molecular flexibility index (Phi) is 12.1. The third kappa shape index (κ3) is 8.74. The number of amides is 4. The molecule has 276 valence electrons. The van der Waals surface area contributed by atoms with Crippen LogP contribution >= 0.6 is 11.3 Å². The number of anilines is 1. The largest absolute Gasteiger partial charge is 0.382 e. The summed E-state index contributed by atoms with van der Waals surface area (Å²) < 4.78 is 10.8. The first kappa shape index (κ1) is 37.6. The van der Waals surface area contributed by atoms with Crippen molar-refractivity contribution in [2.45, 2.75) is 44.1 Å². The number of likely N-dealkylation sites (N-methyl/N-ethyl adjacent to an activating group) is 1. The van der Waals surface area contributed by atoms with Crippen LogP contribution in [0.2, 0.25) is 0 Å². The van der Waals surface area contributed by atoms with Crippen LogP contribution in [-0.4, -0.2) is 97.4 Å². The summed E-state index contributed by atoms with van der Waals surface area (Å²) in [6.45, 7) is 5.21. The van der Waals surface area contributed by atoms with Gasteiger partial charge in [0.15, 0.2) is 0 Å². The van der Waals surface area contributed by atoms with Crippen LogP contribution in [0.5, 0.6) is 0 Å². The van der Waals surface area contributed by atoms with Crippen LogP contribution in [0, 0.1) is 6.92 Å². The summed E-state index contributed by atoms with van der Waals surface area (Å²) in [6.07, 6.45) is 4.88. The number of pyridine rings is 1. The SMILES string of the molecule is CNCCOCCOCCNc1cccc2c1C(=O)N(C1CCC(=O)NC1=O)C2=O.Cc1nc(-c2cccc(-c3ccnc(C4(C=O)CC4)c3)c2)cs1. The van der Waals surface area contributed by atoms with Gasteiger partial charge in [0.1, 0.15) is 12.3 Å². The molecule has 0 bridgehead atoms. The van der Waals surface area contributed by atoms with Gasteiger partial charge in [-0.1, -0.05) is 24.3 Å². The molecule has 1 unspecified atom stereocenters. The molecular formula is C39H42N6O7S. The predicted octanol–water partition coefficient (Wildman–Crippen LogP) is 4.16. The maximum Gasteiger partial charge on any atom is 0.264 e. The summed E-state index contributed by atoms with van der Waals surface area (Å²) in [7, 11) is 1.86. The Labute approximate surface area is 311 Å². The Morgan fingerprint density at radius 2 is 1.68 bits per heavy atom. The summed E-state index contributed by atoms with van der Waals surface area (Å²) >= 11 is 1.66. The number of hydrogen-bond acceptors (Lipinski definition) is 12. The quantitative estimate of drug-likeness (QED) is 0.0910. The molecule has 0 radical (unpaired) electrons.